The van der Waals surface area contributed by atoms with E-state index in [1.807, 2.05) is 6.08 Å². The number of aliphatic hydroxyl groups is 2. The molecule has 0 aliphatic carbocycles. The van der Waals surface area contributed by atoms with Gasteiger partial charge in [0.1, 0.15) is 6.10 Å². The zero-order valence-electron chi connectivity index (χ0n) is 25.7. The molecule has 0 aromatic rings. The minimum Gasteiger partial charge on any atom is -0.387 e. The lowest BCUT2D eigenvalue weighted by Gasteiger charge is -2.21. The smallest absolute Gasteiger partial charge is 0.162 e. The van der Waals surface area contributed by atoms with Gasteiger partial charge in [-0.25, -0.2) is 0 Å². The molecule has 0 rings (SSSR count). The highest BCUT2D eigenvalue weighted by molar-refractivity contribution is 9.09. The van der Waals surface area contributed by atoms with Crippen LogP contribution in [0.2, 0.25) is 0 Å². The summed E-state index contributed by atoms with van der Waals surface area (Å²) in [6, 6.07) is -0.949. The van der Waals surface area contributed by atoms with Crippen molar-refractivity contribution in [3.63, 3.8) is 0 Å². The summed E-state index contributed by atoms with van der Waals surface area (Å²) in [6.45, 7) is 2.26. The van der Waals surface area contributed by atoms with Crippen molar-refractivity contribution in [1.29, 1.82) is 0 Å². The summed E-state index contributed by atoms with van der Waals surface area (Å²) in [5.41, 5.74) is 5.99. The van der Waals surface area contributed by atoms with Crippen LogP contribution in [-0.4, -0.2) is 39.6 Å². The van der Waals surface area contributed by atoms with Crippen molar-refractivity contribution in [2.75, 3.05) is 5.33 Å². The highest BCUT2D eigenvalue weighted by atomic mass is 79.9. The molecule has 4 N–H and O–H groups in total. The molecule has 0 heterocycles. The number of hydrogen-bond acceptors (Lipinski definition) is 4. The fourth-order valence-corrected chi connectivity index (χ4v) is 5.57. The van der Waals surface area contributed by atoms with E-state index in [0.29, 0.717) is 6.42 Å². The van der Waals surface area contributed by atoms with E-state index in [4.69, 9.17) is 5.73 Å². The maximum atomic E-state index is 12.3. The van der Waals surface area contributed by atoms with E-state index >= 15 is 0 Å². The Kier molecular flexibility index (Phi) is 30.5. The summed E-state index contributed by atoms with van der Waals surface area (Å²) in [5.74, 6) is -0.239. The average molecular weight is 617 g/mol. The summed E-state index contributed by atoms with van der Waals surface area (Å²) in [4.78, 5) is 12.3. The van der Waals surface area contributed by atoms with Gasteiger partial charge in [0.15, 0.2) is 5.78 Å². The lowest BCUT2D eigenvalue weighted by molar-refractivity contribution is -0.129. The Bertz CT molecular complexity index is 543. The molecule has 232 valence electrons. The van der Waals surface area contributed by atoms with Crippen LogP contribution in [0.25, 0.3) is 0 Å². The van der Waals surface area contributed by atoms with Crippen LogP contribution in [0.4, 0.5) is 0 Å². The summed E-state index contributed by atoms with van der Waals surface area (Å²) in [6.07, 6.45) is 33.3. The topological polar surface area (TPSA) is 83.6 Å². The number of ketones is 1. The van der Waals surface area contributed by atoms with Gasteiger partial charge < -0.3 is 15.9 Å². The summed E-state index contributed by atoms with van der Waals surface area (Å²) in [5, 5.41) is 21.7. The molecule has 5 heteroatoms. The molecule has 0 spiro atoms. The largest absolute Gasteiger partial charge is 0.387 e. The first-order valence-corrected chi connectivity index (χ1v) is 18.0. The average Bonchev–Trinajstić information content (AvgIpc) is 2.94. The third-order valence-electron chi connectivity index (χ3n) is 7.95. The minimum atomic E-state index is -1.29. The summed E-state index contributed by atoms with van der Waals surface area (Å²) >= 11 is 3.49. The monoisotopic (exact) mass is 615 g/mol. The van der Waals surface area contributed by atoms with Gasteiger partial charge in [-0.15, -0.1) is 0 Å². The van der Waals surface area contributed by atoms with Crippen molar-refractivity contribution < 1.29 is 15.0 Å². The molecule has 39 heavy (non-hydrogen) atoms. The Balaban J connectivity index is 3.64. The van der Waals surface area contributed by atoms with Crippen molar-refractivity contribution >= 4 is 21.7 Å². The molecule has 0 radical (unpaired) electrons. The maximum absolute atomic E-state index is 12.3. The third-order valence-corrected chi connectivity index (χ3v) is 8.51. The van der Waals surface area contributed by atoms with Crippen LogP contribution in [0.5, 0.6) is 0 Å². The van der Waals surface area contributed by atoms with Crippen LogP contribution < -0.4 is 5.73 Å². The molecule has 0 saturated carbocycles. The van der Waals surface area contributed by atoms with Crippen molar-refractivity contribution in [1.82, 2.24) is 0 Å². The molecular weight excluding hydrogens is 550 g/mol. The van der Waals surface area contributed by atoms with Gasteiger partial charge in [-0.1, -0.05) is 170 Å². The molecule has 0 aliphatic heterocycles. The van der Waals surface area contributed by atoms with Crippen LogP contribution in [0.1, 0.15) is 174 Å². The fraction of sp³-hybridized carbons (Fsp3) is 0.912. The van der Waals surface area contributed by atoms with Crippen LogP contribution in [0.3, 0.4) is 0 Å². The van der Waals surface area contributed by atoms with E-state index in [1.54, 1.807) is 6.08 Å². The van der Waals surface area contributed by atoms with E-state index < -0.39 is 18.2 Å². The van der Waals surface area contributed by atoms with Gasteiger partial charge in [-0.05, 0) is 25.7 Å². The lowest BCUT2D eigenvalue weighted by atomic mass is 9.97. The lowest BCUT2D eigenvalue weighted by Crippen LogP contribution is -2.47. The van der Waals surface area contributed by atoms with E-state index in [-0.39, 0.29) is 5.78 Å². The first kappa shape index (κ1) is 38.8. The van der Waals surface area contributed by atoms with Gasteiger partial charge in [-0.2, -0.15) is 0 Å². The third kappa shape index (κ3) is 26.4. The van der Waals surface area contributed by atoms with Gasteiger partial charge in [0.2, 0.25) is 0 Å². The van der Waals surface area contributed by atoms with Crippen LogP contribution in [-0.2, 0) is 4.79 Å². The van der Waals surface area contributed by atoms with Crippen LogP contribution in [0.15, 0.2) is 12.2 Å². The molecule has 0 aromatic heterocycles. The second-order valence-corrected chi connectivity index (χ2v) is 12.6. The van der Waals surface area contributed by atoms with E-state index in [2.05, 4.69) is 22.9 Å². The number of alkyl halides is 1. The van der Waals surface area contributed by atoms with Crippen LogP contribution >= 0.6 is 15.9 Å². The second-order valence-electron chi connectivity index (χ2n) is 11.8. The second kappa shape index (κ2) is 30.7. The zero-order valence-corrected chi connectivity index (χ0v) is 27.3. The maximum Gasteiger partial charge on any atom is 0.162 e. The number of Topliss-reactive ketones (excluding diaryl/α,β-unsaturated/α-hetero) is 1. The predicted octanol–water partition coefficient (Wildman–Crippen LogP) is 9.72. The number of aliphatic hydroxyl groups excluding tert-OH is 2. The Morgan fingerprint density at radius 3 is 1.46 bits per heavy atom. The van der Waals surface area contributed by atoms with E-state index in [1.165, 1.54) is 128 Å². The highest BCUT2D eigenvalue weighted by Gasteiger charge is 2.26. The summed E-state index contributed by atoms with van der Waals surface area (Å²) < 4.78 is 0. The molecule has 0 bridgehead atoms. The minimum absolute atomic E-state index is 0.239. The molecule has 0 amide bonds. The number of unbranched alkanes of at least 4 members (excludes halogenated alkanes) is 23. The van der Waals surface area contributed by atoms with Crippen molar-refractivity contribution in [3.8, 4) is 0 Å². The number of allylic oxidation sites excluding steroid dienone is 1. The quantitative estimate of drug-likeness (QED) is 0.0411. The molecular formula is C34H66BrNO3. The first-order valence-electron chi connectivity index (χ1n) is 16.9. The Labute approximate surface area is 251 Å². The standard InChI is InChI=1S/C34H66BrNO3/c1-2-3-4-5-6-7-8-10-13-16-19-22-25-28-31(37)33(36)34(39)32(38)29-26-23-20-17-14-11-9-12-15-18-21-24-27-30-35/h25,28,31,33-34,37,39H,2-24,26-27,29-30,36H2,1H3/b28-25+/t31-,33-,34+/m1/s1. The van der Waals surface area contributed by atoms with Gasteiger partial charge in [0.25, 0.3) is 0 Å². The number of nitrogens with two attached hydrogens (primary N) is 1. The van der Waals surface area contributed by atoms with Gasteiger partial charge in [-0.3, -0.25) is 4.79 Å². The molecule has 4 nitrogen and oxygen atoms in total. The molecule has 0 saturated heterocycles. The number of halogens is 1. The van der Waals surface area contributed by atoms with Gasteiger partial charge in [0, 0.05) is 11.8 Å². The van der Waals surface area contributed by atoms with Crippen molar-refractivity contribution in [2.45, 2.75) is 192 Å². The van der Waals surface area contributed by atoms with E-state index in [9.17, 15) is 15.0 Å². The number of carbonyl (C=O) groups is 1. The first-order chi connectivity index (χ1) is 19.0. The fourth-order valence-electron chi connectivity index (χ4n) is 5.18. The Hall–Kier alpha value is -0.230. The molecule has 0 aliphatic rings. The molecule has 0 aromatic carbocycles. The Morgan fingerprint density at radius 1 is 0.641 bits per heavy atom. The van der Waals surface area contributed by atoms with Crippen molar-refractivity contribution in [2.24, 2.45) is 5.73 Å². The predicted molar refractivity (Wildman–Crippen MR) is 174 cm³/mol. The van der Waals surface area contributed by atoms with E-state index in [0.717, 1.165) is 37.4 Å². The zero-order chi connectivity index (χ0) is 28.8. The summed E-state index contributed by atoms with van der Waals surface area (Å²) in [7, 11) is 0. The normalized spacial score (nSPS) is 14.2. The number of carbonyl (C=O) groups excluding carboxylic acids is 1. The van der Waals surface area contributed by atoms with Crippen molar-refractivity contribution in [3.05, 3.63) is 12.2 Å². The SMILES string of the molecule is CCCCCCCCCCCCC/C=C/[C@@H](O)[C@@H](N)[C@@H](O)C(=O)CCCCCCCCCCCCCCCBr. The number of hydrogen-bond donors (Lipinski definition) is 3. The highest BCUT2D eigenvalue weighted by Crippen LogP contribution is 2.15. The van der Waals surface area contributed by atoms with Crippen LogP contribution in [0, 0.1) is 0 Å². The number of rotatable bonds is 31. The Morgan fingerprint density at radius 2 is 1.03 bits per heavy atom. The molecule has 0 unspecified atom stereocenters. The van der Waals surface area contributed by atoms with Gasteiger partial charge in [0.05, 0.1) is 12.1 Å². The molecule has 0 fully saturated rings. The van der Waals surface area contributed by atoms with Gasteiger partial charge >= 0.3 is 0 Å². The molecule has 3 atom stereocenters.